The van der Waals surface area contributed by atoms with Crippen LogP contribution >= 0.6 is 11.3 Å². The van der Waals surface area contributed by atoms with Gasteiger partial charge < -0.3 is 9.73 Å². The molecule has 150 valence electrons. The Morgan fingerprint density at radius 2 is 1.87 bits per heavy atom. The van der Waals surface area contributed by atoms with Gasteiger partial charge in [-0.05, 0) is 43.0 Å². The molecule has 4 aromatic rings. The molecule has 0 saturated carbocycles. The van der Waals surface area contributed by atoms with Crippen LogP contribution in [0.4, 0.5) is 4.79 Å². The van der Waals surface area contributed by atoms with E-state index in [2.05, 4.69) is 5.32 Å². The summed E-state index contributed by atoms with van der Waals surface area (Å²) in [6.45, 7) is 3.17. The van der Waals surface area contributed by atoms with Gasteiger partial charge in [0.2, 0.25) is 0 Å². The number of benzene rings is 2. The van der Waals surface area contributed by atoms with Gasteiger partial charge in [-0.1, -0.05) is 36.4 Å². The molecule has 6 nitrogen and oxygen atoms in total. The molecule has 30 heavy (non-hydrogen) atoms. The van der Waals surface area contributed by atoms with Crippen LogP contribution in [-0.4, -0.2) is 29.2 Å². The third-order valence-electron chi connectivity index (χ3n) is 5.59. The highest BCUT2D eigenvalue weighted by Gasteiger charge is 2.51. The van der Waals surface area contributed by atoms with Crippen LogP contribution in [0.3, 0.4) is 0 Å². The van der Waals surface area contributed by atoms with Gasteiger partial charge in [-0.3, -0.25) is 14.5 Å². The third-order valence-corrected chi connectivity index (χ3v) is 6.91. The molecule has 7 heteroatoms. The number of imide groups is 1. The number of urea groups is 1. The first-order valence-corrected chi connectivity index (χ1v) is 10.3. The molecule has 1 saturated heterocycles. The first kappa shape index (κ1) is 18.6. The molecule has 3 heterocycles. The van der Waals surface area contributed by atoms with Crippen molar-refractivity contribution in [2.24, 2.45) is 0 Å². The molecular formula is C23H18N2O4S. The first-order chi connectivity index (χ1) is 14.4. The van der Waals surface area contributed by atoms with E-state index in [9.17, 15) is 14.4 Å². The van der Waals surface area contributed by atoms with Crippen molar-refractivity contribution < 1.29 is 18.8 Å². The summed E-state index contributed by atoms with van der Waals surface area (Å²) < 4.78 is 6.83. The molecule has 0 radical (unpaired) electrons. The molecule has 0 bridgehead atoms. The maximum absolute atomic E-state index is 13.2. The lowest BCUT2D eigenvalue weighted by Crippen LogP contribution is -2.41. The van der Waals surface area contributed by atoms with Gasteiger partial charge in [0.25, 0.3) is 5.91 Å². The van der Waals surface area contributed by atoms with E-state index in [1.54, 1.807) is 19.1 Å². The van der Waals surface area contributed by atoms with Crippen molar-refractivity contribution in [2.75, 3.05) is 6.54 Å². The van der Waals surface area contributed by atoms with Crippen molar-refractivity contribution >= 4 is 50.1 Å². The minimum absolute atomic E-state index is 0.258. The fourth-order valence-electron chi connectivity index (χ4n) is 3.89. The number of nitrogens with zero attached hydrogens (tertiary/aromatic N) is 1. The first-order valence-electron chi connectivity index (χ1n) is 9.53. The monoisotopic (exact) mass is 418 g/mol. The van der Waals surface area contributed by atoms with E-state index in [4.69, 9.17) is 4.42 Å². The van der Waals surface area contributed by atoms with Crippen LogP contribution < -0.4 is 5.32 Å². The standard InChI is InChI=1S/C23H18N2O4S/c1-13-15-8-4-6-10-18(15)30-20(13)16(26)12-25-21(27)23(2,24-22(25)28)19-11-14-7-3-5-9-17(14)29-19/h3-11H,12H2,1-2H3,(H,24,28)/t23-/m0/s1. The minimum Gasteiger partial charge on any atom is -0.458 e. The number of Topliss-reactive ketones (excluding diaryl/α,β-unsaturated/α-hetero) is 1. The Labute approximate surface area is 176 Å². The van der Waals surface area contributed by atoms with Crippen LogP contribution in [0.15, 0.2) is 59.0 Å². The number of fused-ring (bicyclic) bond motifs is 2. The van der Waals surface area contributed by atoms with Gasteiger partial charge in [0.1, 0.15) is 11.3 Å². The molecule has 3 amide bonds. The number of para-hydroxylation sites is 1. The van der Waals surface area contributed by atoms with Gasteiger partial charge in [-0.2, -0.15) is 0 Å². The molecule has 0 unspecified atom stereocenters. The van der Waals surface area contributed by atoms with E-state index in [0.29, 0.717) is 16.2 Å². The van der Waals surface area contributed by atoms with Crippen LogP contribution in [0.25, 0.3) is 21.1 Å². The fourth-order valence-corrected chi connectivity index (χ4v) is 5.03. The van der Waals surface area contributed by atoms with Gasteiger partial charge in [0.15, 0.2) is 11.3 Å². The highest BCUT2D eigenvalue weighted by atomic mass is 32.1. The van der Waals surface area contributed by atoms with E-state index >= 15 is 0 Å². The molecule has 1 atom stereocenters. The summed E-state index contributed by atoms with van der Waals surface area (Å²) in [5.74, 6) is -0.417. The third kappa shape index (κ3) is 2.66. The second-order valence-corrected chi connectivity index (χ2v) is 8.62. The SMILES string of the molecule is Cc1c(C(=O)CN2C(=O)N[C@@](C)(c3cc4ccccc4o3)C2=O)sc2ccccc12. The Morgan fingerprint density at radius 3 is 2.63 bits per heavy atom. The predicted molar refractivity (Wildman–Crippen MR) is 115 cm³/mol. The molecule has 5 rings (SSSR count). The van der Waals surface area contributed by atoms with Crippen LogP contribution in [0.1, 0.15) is 27.9 Å². The number of furan rings is 1. The summed E-state index contributed by atoms with van der Waals surface area (Å²) in [5, 5.41) is 4.55. The topological polar surface area (TPSA) is 79.6 Å². The summed E-state index contributed by atoms with van der Waals surface area (Å²) in [4.78, 5) is 40.3. The number of hydrogen-bond acceptors (Lipinski definition) is 5. The number of hydrogen-bond donors (Lipinski definition) is 1. The molecule has 0 aliphatic carbocycles. The zero-order chi connectivity index (χ0) is 21.0. The Balaban J connectivity index is 1.45. The lowest BCUT2D eigenvalue weighted by Gasteiger charge is -2.18. The number of carbonyl (C=O) groups is 3. The van der Waals surface area contributed by atoms with Crippen molar-refractivity contribution in [3.63, 3.8) is 0 Å². The van der Waals surface area contributed by atoms with E-state index in [-0.39, 0.29) is 12.3 Å². The normalized spacial score (nSPS) is 19.1. The average molecular weight is 418 g/mol. The molecular weight excluding hydrogens is 400 g/mol. The molecule has 1 aliphatic rings. The number of nitrogens with one attached hydrogen (secondary N) is 1. The zero-order valence-electron chi connectivity index (χ0n) is 16.4. The highest BCUT2D eigenvalue weighted by Crippen LogP contribution is 2.34. The fraction of sp³-hybridized carbons (Fsp3) is 0.174. The maximum Gasteiger partial charge on any atom is 0.325 e. The van der Waals surface area contributed by atoms with Crippen molar-refractivity contribution in [2.45, 2.75) is 19.4 Å². The number of thiophene rings is 1. The van der Waals surface area contributed by atoms with E-state index in [1.165, 1.54) is 11.3 Å². The second-order valence-electron chi connectivity index (χ2n) is 7.57. The largest absolute Gasteiger partial charge is 0.458 e. The van der Waals surface area contributed by atoms with Gasteiger partial charge in [0.05, 0.1) is 11.4 Å². The summed E-state index contributed by atoms with van der Waals surface area (Å²) in [5.41, 5.74) is 0.143. The molecule has 0 spiro atoms. The predicted octanol–water partition coefficient (Wildman–Crippen LogP) is 4.61. The van der Waals surface area contributed by atoms with Crippen molar-refractivity contribution in [3.8, 4) is 0 Å². The van der Waals surface area contributed by atoms with Gasteiger partial charge in [0, 0.05) is 10.1 Å². The van der Waals surface area contributed by atoms with Crippen LogP contribution in [-0.2, 0) is 10.3 Å². The summed E-state index contributed by atoms with van der Waals surface area (Å²) in [6, 6.07) is 16.3. The Bertz CT molecular complexity index is 1320. The van der Waals surface area contributed by atoms with E-state index in [1.807, 2.05) is 49.4 Å². The molecule has 1 fully saturated rings. The highest BCUT2D eigenvalue weighted by molar-refractivity contribution is 7.21. The van der Waals surface area contributed by atoms with Crippen LogP contribution in [0, 0.1) is 6.92 Å². The van der Waals surface area contributed by atoms with Crippen LogP contribution in [0.2, 0.25) is 0 Å². The zero-order valence-corrected chi connectivity index (χ0v) is 17.2. The molecule has 2 aromatic heterocycles. The number of amides is 3. The second kappa shape index (κ2) is 6.53. The summed E-state index contributed by atoms with van der Waals surface area (Å²) >= 11 is 1.38. The van der Waals surface area contributed by atoms with Crippen molar-refractivity contribution in [1.29, 1.82) is 0 Å². The van der Waals surface area contributed by atoms with Gasteiger partial charge in [-0.15, -0.1) is 11.3 Å². The Morgan fingerprint density at radius 1 is 1.13 bits per heavy atom. The van der Waals surface area contributed by atoms with E-state index < -0.39 is 17.5 Å². The Hall–Kier alpha value is -3.45. The number of carbonyl (C=O) groups excluding carboxylic acids is 3. The molecule has 1 aliphatic heterocycles. The number of ketones is 1. The molecule has 1 N–H and O–H groups in total. The van der Waals surface area contributed by atoms with Crippen molar-refractivity contribution in [1.82, 2.24) is 10.2 Å². The summed E-state index contributed by atoms with van der Waals surface area (Å²) in [6.07, 6.45) is 0. The minimum atomic E-state index is -1.36. The van der Waals surface area contributed by atoms with Gasteiger partial charge in [-0.25, -0.2) is 4.79 Å². The maximum atomic E-state index is 13.2. The summed E-state index contributed by atoms with van der Waals surface area (Å²) in [7, 11) is 0. The van der Waals surface area contributed by atoms with Gasteiger partial charge >= 0.3 is 6.03 Å². The Kier molecular flexibility index (Phi) is 4.04. The number of rotatable bonds is 4. The van der Waals surface area contributed by atoms with Crippen LogP contribution in [0.5, 0.6) is 0 Å². The number of aryl methyl sites for hydroxylation is 1. The average Bonchev–Trinajstić information content (AvgIpc) is 3.38. The quantitative estimate of drug-likeness (QED) is 0.388. The van der Waals surface area contributed by atoms with Crippen molar-refractivity contribution in [3.05, 3.63) is 70.8 Å². The lowest BCUT2D eigenvalue weighted by molar-refractivity contribution is -0.131. The van der Waals surface area contributed by atoms with E-state index in [0.717, 1.165) is 25.9 Å². The smallest absolute Gasteiger partial charge is 0.325 e. The molecule has 2 aromatic carbocycles. The lowest BCUT2D eigenvalue weighted by atomic mass is 9.98.